The van der Waals surface area contributed by atoms with Crippen molar-refractivity contribution in [3.05, 3.63) is 29.8 Å². The van der Waals surface area contributed by atoms with Gasteiger partial charge in [0.15, 0.2) is 11.5 Å². The number of hydrogen-bond donors (Lipinski definition) is 4. The highest BCUT2D eigenvalue weighted by Crippen LogP contribution is 2.62. The number of carbonyl (C=O) groups excluding carboxylic acids is 2. The molecule has 2 amide bonds. The van der Waals surface area contributed by atoms with Crippen LogP contribution in [0.4, 0.5) is 0 Å². The van der Waals surface area contributed by atoms with Crippen LogP contribution >= 0.6 is 21.6 Å². The van der Waals surface area contributed by atoms with Gasteiger partial charge in [0.2, 0.25) is 10.6 Å². The third-order valence-electron chi connectivity index (χ3n) is 6.83. The molecule has 34 heavy (non-hydrogen) atoms. The number of aliphatic hydroxyl groups excluding tert-OH is 2. The highest BCUT2D eigenvalue weighted by atomic mass is 33.1. The minimum Gasteiger partial charge on any atom is -0.504 e. The molecule has 4 N–H and O–H groups in total. The highest BCUT2D eigenvalue weighted by Gasteiger charge is 2.70. The number of hydroxylamine groups is 2. The first-order valence-electron chi connectivity index (χ1n) is 10.4. The number of likely N-dealkylation sites (N-methyl/N-ethyl adjacent to an activating group) is 1. The molecule has 6 rings (SSSR count). The van der Waals surface area contributed by atoms with Crippen LogP contribution in [0.15, 0.2) is 24.3 Å². The van der Waals surface area contributed by atoms with Gasteiger partial charge in [0, 0.05) is 19.0 Å². The Bertz CT molecular complexity index is 1090. The standard InChI is InChI=1S/C21H24N2O9S2/c1-22-13-16(9-4-6-11(30-2)15(31-3)14(9)26)33-34-21(19(22)28)8-20(29)12(25)7-5-10(24)17(20)32-23(21)18(13)27/h4-7,10,12-13,16-17,24-26,29H,8H2,1-3H3/t10-,12-,13-,16?,17+,20+,21-/m1/s1. The van der Waals surface area contributed by atoms with Gasteiger partial charge in [-0.3, -0.25) is 14.4 Å². The Morgan fingerprint density at radius 2 is 1.91 bits per heavy atom. The first-order chi connectivity index (χ1) is 16.1. The zero-order chi connectivity index (χ0) is 24.6. The van der Waals surface area contributed by atoms with Gasteiger partial charge in [-0.05, 0) is 6.07 Å². The number of fused-ring (bicyclic) bond motifs is 4. The van der Waals surface area contributed by atoms with Gasteiger partial charge in [0.25, 0.3) is 11.8 Å². The van der Waals surface area contributed by atoms with E-state index in [2.05, 4.69) is 0 Å². The van der Waals surface area contributed by atoms with Crippen LogP contribution in [-0.4, -0.2) is 98.3 Å². The first kappa shape index (κ1) is 23.6. The lowest BCUT2D eigenvalue weighted by atomic mass is 9.75. The molecule has 4 saturated heterocycles. The zero-order valence-corrected chi connectivity index (χ0v) is 20.1. The van der Waals surface area contributed by atoms with Crippen molar-refractivity contribution < 1.29 is 44.3 Å². The number of piperazine rings is 1. The van der Waals surface area contributed by atoms with Gasteiger partial charge in [-0.15, -0.1) is 0 Å². The zero-order valence-electron chi connectivity index (χ0n) is 18.4. The normalized spacial score (nSPS) is 38.9. The largest absolute Gasteiger partial charge is 0.504 e. The van der Waals surface area contributed by atoms with Crippen molar-refractivity contribution in [2.75, 3.05) is 21.3 Å². The van der Waals surface area contributed by atoms with E-state index in [1.165, 1.54) is 49.1 Å². The topological polar surface area (TPSA) is 149 Å². The Balaban J connectivity index is 1.61. The molecule has 5 aliphatic rings. The van der Waals surface area contributed by atoms with Gasteiger partial charge in [-0.1, -0.05) is 39.8 Å². The number of hydrogen-bond acceptors (Lipinski definition) is 11. The van der Waals surface area contributed by atoms with Crippen LogP contribution in [0.25, 0.3) is 0 Å². The van der Waals surface area contributed by atoms with Crippen molar-refractivity contribution >= 4 is 33.4 Å². The van der Waals surface area contributed by atoms with Crippen molar-refractivity contribution in [2.24, 2.45) is 0 Å². The third-order valence-corrected chi connectivity index (χ3v) is 10.1. The molecule has 0 saturated carbocycles. The van der Waals surface area contributed by atoms with Crippen LogP contribution in [0.3, 0.4) is 0 Å². The Morgan fingerprint density at radius 1 is 1.18 bits per heavy atom. The van der Waals surface area contributed by atoms with Crippen LogP contribution in [-0.2, 0) is 14.4 Å². The summed E-state index contributed by atoms with van der Waals surface area (Å²) in [5, 5.41) is 43.4. The molecule has 11 nitrogen and oxygen atoms in total. The molecule has 1 unspecified atom stereocenters. The second-order valence-electron chi connectivity index (χ2n) is 8.63. The predicted octanol–water partition coefficient (Wildman–Crippen LogP) is -0.0624. The molecule has 4 heterocycles. The summed E-state index contributed by atoms with van der Waals surface area (Å²) < 4.78 is 10.5. The van der Waals surface area contributed by atoms with Gasteiger partial charge < -0.3 is 34.8 Å². The van der Waals surface area contributed by atoms with Gasteiger partial charge in [0.05, 0.1) is 19.5 Å². The van der Waals surface area contributed by atoms with Crippen LogP contribution in [0.5, 0.6) is 17.2 Å². The van der Waals surface area contributed by atoms with E-state index in [4.69, 9.17) is 14.3 Å². The number of benzene rings is 1. The number of phenols is 1. The fraction of sp³-hybridized carbons (Fsp3) is 0.524. The molecule has 184 valence electrons. The van der Waals surface area contributed by atoms with Crippen molar-refractivity contribution in [3.63, 3.8) is 0 Å². The maximum Gasteiger partial charge on any atom is 0.272 e. The summed E-state index contributed by atoms with van der Waals surface area (Å²) in [5.41, 5.74) is -1.66. The number of carbonyl (C=O) groups is 2. The van der Waals surface area contributed by atoms with E-state index in [9.17, 15) is 30.0 Å². The number of rotatable bonds is 3. The molecule has 13 heteroatoms. The number of phenolic OH excluding ortho intramolecular Hbond substituents is 1. The molecule has 1 aromatic rings. The van der Waals surface area contributed by atoms with Crippen molar-refractivity contribution in [2.45, 2.75) is 46.5 Å². The number of ether oxygens (including phenoxy) is 2. The molecule has 4 fully saturated rings. The number of amides is 2. The van der Waals surface area contributed by atoms with Crippen LogP contribution < -0.4 is 9.47 Å². The summed E-state index contributed by atoms with van der Waals surface area (Å²) in [6.07, 6.45) is -1.89. The number of aliphatic hydroxyl groups is 3. The lowest BCUT2D eigenvalue weighted by molar-refractivity contribution is -0.329. The molecular formula is C21H24N2O9S2. The molecule has 7 atom stereocenters. The summed E-state index contributed by atoms with van der Waals surface area (Å²) in [6.45, 7) is 0. The first-order valence-corrected chi connectivity index (χ1v) is 12.6. The quantitative estimate of drug-likeness (QED) is 0.319. The lowest BCUT2D eigenvalue weighted by Gasteiger charge is -2.57. The monoisotopic (exact) mass is 512 g/mol. The highest BCUT2D eigenvalue weighted by molar-refractivity contribution is 8.77. The second-order valence-corrected chi connectivity index (χ2v) is 11.3. The molecule has 0 aromatic heterocycles. The predicted molar refractivity (Wildman–Crippen MR) is 121 cm³/mol. The SMILES string of the molecule is COc1ccc(C2SS[C@@]34C[C@]5(O)[C@H](O)C=C[C@@H](O)[C@@H]5ON3C(=O)[C@@H]2N(C)C4=O)c(O)c1OC. The number of nitrogens with zero attached hydrogens (tertiary/aromatic N) is 2. The maximum atomic E-state index is 13.7. The van der Waals surface area contributed by atoms with E-state index in [-0.39, 0.29) is 17.9 Å². The Hall–Kier alpha value is -2.16. The van der Waals surface area contributed by atoms with E-state index in [0.717, 1.165) is 15.9 Å². The number of methoxy groups -OCH3 is 2. The van der Waals surface area contributed by atoms with E-state index in [1.807, 2.05) is 0 Å². The summed E-state index contributed by atoms with van der Waals surface area (Å²) in [6, 6.07) is 2.14. The molecular weight excluding hydrogens is 488 g/mol. The average molecular weight is 513 g/mol. The molecule has 1 aliphatic carbocycles. The van der Waals surface area contributed by atoms with Crippen LogP contribution in [0.1, 0.15) is 17.2 Å². The summed E-state index contributed by atoms with van der Waals surface area (Å²) >= 11 is 0. The summed E-state index contributed by atoms with van der Waals surface area (Å²) in [4.78, 5) is 32.8. The lowest BCUT2D eigenvalue weighted by Crippen LogP contribution is -2.77. The van der Waals surface area contributed by atoms with Gasteiger partial charge in [-0.25, -0.2) is 0 Å². The van der Waals surface area contributed by atoms with Crippen molar-refractivity contribution in [1.82, 2.24) is 9.96 Å². The molecule has 4 aliphatic heterocycles. The molecule has 1 spiro atoms. The minimum absolute atomic E-state index is 0.0932. The van der Waals surface area contributed by atoms with Crippen LogP contribution in [0, 0.1) is 0 Å². The molecule has 1 aromatic carbocycles. The number of aromatic hydroxyl groups is 1. The average Bonchev–Trinajstić information content (AvgIpc) is 3.00. The van der Waals surface area contributed by atoms with Gasteiger partial charge >= 0.3 is 0 Å². The Labute approximate surface area is 202 Å². The fourth-order valence-corrected chi connectivity index (χ4v) is 8.71. The minimum atomic E-state index is -2.01. The van der Waals surface area contributed by atoms with E-state index < -0.39 is 51.9 Å². The third kappa shape index (κ3) is 2.94. The van der Waals surface area contributed by atoms with E-state index in [1.54, 1.807) is 12.1 Å². The Kier molecular flexibility index (Phi) is 5.50. The smallest absolute Gasteiger partial charge is 0.272 e. The van der Waals surface area contributed by atoms with E-state index in [0.29, 0.717) is 11.3 Å². The summed E-state index contributed by atoms with van der Waals surface area (Å²) in [5.74, 6) is -0.901. The maximum absolute atomic E-state index is 13.7. The molecule has 2 bridgehead atoms. The molecule has 0 radical (unpaired) electrons. The Morgan fingerprint density at radius 3 is 2.59 bits per heavy atom. The fourth-order valence-electron chi connectivity index (χ4n) is 5.04. The van der Waals surface area contributed by atoms with Crippen molar-refractivity contribution in [1.29, 1.82) is 0 Å². The van der Waals surface area contributed by atoms with Crippen molar-refractivity contribution in [3.8, 4) is 17.2 Å². The van der Waals surface area contributed by atoms with Gasteiger partial charge in [0.1, 0.15) is 30.0 Å². The second kappa shape index (κ2) is 7.93. The van der Waals surface area contributed by atoms with E-state index >= 15 is 0 Å². The van der Waals surface area contributed by atoms with Gasteiger partial charge in [-0.2, -0.15) is 5.06 Å². The van der Waals surface area contributed by atoms with Crippen LogP contribution in [0.2, 0.25) is 0 Å². The summed E-state index contributed by atoms with van der Waals surface area (Å²) in [7, 11) is 6.47.